The summed E-state index contributed by atoms with van der Waals surface area (Å²) in [5.74, 6) is -2.42. The second-order valence-electron chi connectivity index (χ2n) is 8.75. The summed E-state index contributed by atoms with van der Waals surface area (Å²) in [6.45, 7) is 3.49. The van der Waals surface area contributed by atoms with Crippen LogP contribution in [0.4, 0.5) is 5.69 Å². The molecule has 2 aromatic carbocycles. The molecule has 3 amide bonds. The fourth-order valence-corrected chi connectivity index (χ4v) is 5.54. The van der Waals surface area contributed by atoms with Crippen molar-refractivity contribution in [3.05, 3.63) is 59.2 Å². The van der Waals surface area contributed by atoms with Gasteiger partial charge in [-0.2, -0.15) is 0 Å². The number of hydrogen-bond donors (Lipinski definition) is 3. The molecule has 2 saturated heterocycles. The van der Waals surface area contributed by atoms with Crippen LogP contribution in [0.5, 0.6) is 5.75 Å². The van der Waals surface area contributed by atoms with Gasteiger partial charge in [-0.15, -0.1) is 0 Å². The fourth-order valence-electron chi connectivity index (χ4n) is 5.54. The van der Waals surface area contributed by atoms with Gasteiger partial charge in [0.05, 0.1) is 31.6 Å². The second-order valence-corrected chi connectivity index (χ2v) is 8.75. The van der Waals surface area contributed by atoms with Crippen LogP contribution in [0, 0.1) is 18.8 Å². The van der Waals surface area contributed by atoms with Gasteiger partial charge in [0.15, 0.2) is 0 Å². The van der Waals surface area contributed by atoms with E-state index in [0.29, 0.717) is 22.6 Å². The molecule has 0 radical (unpaired) electrons. The lowest BCUT2D eigenvalue weighted by Crippen LogP contribution is -2.54. The van der Waals surface area contributed by atoms with E-state index < -0.39 is 41.3 Å². The number of carbonyl (C=O) groups excluding carboxylic acids is 3. The number of para-hydroxylation sites is 2. The lowest BCUT2D eigenvalue weighted by atomic mass is 9.76. The Labute approximate surface area is 185 Å². The smallest absolute Gasteiger partial charge is 0.250 e. The molecule has 3 heterocycles. The number of nitrogens with zero attached hydrogens (tertiary/aromatic N) is 1. The van der Waals surface area contributed by atoms with Gasteiger partial charge in [0.1, 0.15) is 11.3 Å². The molecule has 32 heavy (non-hydrogen) atoms. The summed E-state index contributed by atoms with van der Waals surface area (Å²) in [5.41, 5.74) is 1.45. The van der Waals surface area contributed by atoms with Gasteiger partial charge in [0.25, 0.3) is 0 Å². The van der Waals surface area contributed by atoms with E-state index in [9.17, 15) is 19.5 Å². The predicted molar refractivity (Wildman–Crippen MR) is 116 cm³/mol. The third kappa shape index (κ3) is 2.59. The Balaban J connectivity index is 1.62. The minimum absolute atomic E-state index is 0.0413. The number of aryl methyl sites for hydroxylation is 1. The molecule has 5 atom stereocenters. The summed E-state index contributed by atoms with van der Waals surface area (Å²) in [4.78, 5) is 41.8. The van der Waals surface area contributed by atoms with Gasteiger partial charge < -0.3 is 15.2 Å². The molecule has 0 aromatic heterocycles. The number of anilines is 1. The van der Waals surface area contributed by atoms with Gasteiger partial charge in [0.2, 0.25) is 17.7 Å². The van der Waals surface area contributed by atoms with Crippen molar-refractivity contribution in [3.63, 3.8) is 0 Å². The third-order valence-electron chi connectivity index (χ3n) is 7.03. The molecular formula is C24H25N3O5. The molecule has 3 N–H and O–H groups in total. The van der Waals surface area contributed by atoms with Crippen LogP contribution in [0.1, 0.15) is 23.6 Å². The van der Waals surface area contributed by atoms with Crippen molar-refractivity contribution >= 4 is 23.4 Å². The van der Waals surface area contributed by atoms with Crippen LogP contribution < -0.4 is 15.4 Å². The number of fused-ring (bicyclic) bond motifs is 4. The first-order chi connectivity index (χ1) is 15.3. The van der Waals surface area contributed by atoms with E-state index in [1.165, 1.54) is 12.0 Å². The van der Waals surface area contributed by atoms with Gasteiger partial charge in [-0.3, -0.25) is 24.6 Å². The number of carbonyl (C=O) groups is 3. The average Bonchev–Trinajstić information content (AvgIpc) is 3.36. The summed E-state index contributed by atoms with van der Waals surface area (Å²) in [7, 11) is 1.53. The van der Waals surface area contributed by atoms with Crippen LogP contribution in [-0.2, 0) is 26.5 Å². The topological polar surface area (TPSA) is 108 Å². The number of likely N-dealkylation sites (tertiary alicyclic amines) is 1. The molecule has 0 saturated carbocycles. The lowest BCUT2D eigenvalue weighted by Gasteiger charge is -2.30. The Morgan fingerprint density at radius 1 is 1.12 bits per heavy atom. The zero-order valence-corrected chi connectivity index (χ0v) is 18.1. The normalized spacial score (nSPS) is 29.3. The van der Waals surface area contributed by atoms with E-state index in [1.807, 2.05) is 31.2 Å². The number of aliphatic hydroxyl groups excluding tert-OH is 1. The highest BCUT2D eigenvalue weighted by Gasteiger charge is 2.71. The molecule has 0 unspecified atom stereocenters. The fraction of sp³-hybridized carbons (Fsp3) is 0.375. The van der Waals surface area contributed by atoms with Crippen molar-refractivity contribution in [1.29, 1.82) is 0 Å². The molecular weight excluding hydrogens is 410 g/mol. The van der Waals surface area contributed by atoms with Gasteiger partial charge >= 0.3 is 0 Å². The van der Waals surface area contributed by atoms with Gasteiger partial charge in [-0.05, 0) is 25.5 Å². The summed E-state index contributed by atoms with van der Waals surface area (Å²) >= 11 is 0. The Morgan fingerprint density at radius 3 is 2.59 bits per heavy atom. The molecule has 3 aliphatic rings. The highest BCUT2D eigenvalue weighted by Crippen LogP contribution is 2.54. The van der Waals surface area contributed by atoms with Crippen molar-refractivity contribution in [2.24, 2.45) is 11.8 Å². The van der Waals surface area contributed by atoms with E-state index in [2.05, 4.69) is 10.6 Å². The Morgan fingerprint density at radius 2 is 1.88 bits per heavy atom. The van der Waals surface area contributed by atoms with Crippen LogP contribution in [0.2, 0.25) is 0 Å². The van der Waals surface area contributed by atoms with Crippen LogP contribution in [-0.4, -0.2) is 47.0 Å². The van der Waals surface area contributed by atoms with Crippen molar-refractivity contribution < 1.29 is 24.2 Å². The molecule has 8 heteroatoms. The van der Waals surface area contributed by atoms with Crippen molar-refractivity contribution in [3.8, 4) is 5.75 Å². The number of hydrogen-bond acceptors (Lipinski definition) is 6. The molecule has 0 bridgehead atoms. The number of amides is 3. The zero-order chi connectivity index (χ0) is 22.8. The average molecular weight is 435 g/mol. The molecule has 5 rings (SSSR count). The number of rotatable bonds is 4. The standard InChI is InChI=1S/C24H25N3O5/c1-12-7-6-9-15-19(12)25-23(31)24(15)18-17(20(26-24)13(2)28)21(29)27(22(18)30)11-14-8-4-5-10-16(14)32-3/h4-10,13,17-18,20,26,28H,11H2,1-3H3,(H,25,31)/t13-,17+,18-,20-,24+/m1/s1. The van der Waals surface area contributed by atoms with Crippen molar-refractivity contribution in [2.75, 3.05) is 12.4 Å². The number of imide groups is 1. The van der Waals surface area contributed by atoms with Crippen molar-refractivity contribution in [2.45, 2.75) is 38.1 Å². The number of aliphatic hydroxyl groups is 1. The number of ether oxygens (including phenoxy) is 1. The highest BCUT2D eigenvalue weighted by atomic mass is 16.5. The summed E-state index contributed by atoms with van der Waals surface area (Å²) in [6, 6.07) is 12.0. The summed E-state index contributed by atoms with van der Waals surface area (Å²) < 4.78 is 5.38. The number of nitrogens with one attached hydrogen (secondary N) is 2. The third-order valence-corrected chi connectivity index (χ3v) is 7.03. The van der Waals surface area contributed by atoms with E-state index >= 15 is 0 Å². The first-order valence-corrected chi connectivity index (χ1v) is 10.7. The first-order valence-electron chi connectivity index (χ1n) is 10.7. The minimum Gasteiger partial charge on any atom is -0.496 e. The Hall–Kier alpha value is -3.23. The SMILES string of the molecule is COc1ccccc1CN1C(=O)[C@@H]2[C@@H]([C@@H](C)O)N[C@]3(C(=O)Nc4c(C)cccc43)[C@H]2C1=O. The lowest BCUT2D eigenvalue weighted by molar-refractivity contribution is -0.143. The van der Waals surface area contributed by atoms with Crippen LogP contribution in [0.3, 0.4) is 0 Å². The zero-order valence-electron chi connectivity index (χ0n) is 18.1. The van der Waals surface area contributed by atoms with E-state index in [1.54, 1.807) is 25.1 Å². The number of benzene rings is 2. The highest BCUT2D eigenvalue weighted by molar-refractivity contribution is 6.15. The van der Waals surface area contributed by atoms with Crippen LogP contribution in [0.25, 0.3) is 0 Å². The molecule has 0 aliphatic carbocycles. The second kappa shape index (κ2) is 7.15. The van der Waals surface area contributed by atoms with E-state index in [-0.39, 0.29) is 12.5 Å². The molecule has 166 valence electrons. The Kier molecular flexibility index (Phi) is 4.61. The van der Waals surface area contributed by atoms with Crippen molar-refractivity contribution in [1.82, 2.24) is 10.2 Å². The maximum Gasteiger partial charge on any atom is 0.250 e. The maximum absolute atomic E-state index is 13.7. The summed E-state index contributed by atoms with van der Waals surface area (Å²) in [6.07, 6.45) is -0.938. The summed E-state index contributed by atoms with van der Waals surface area (Å²) in [5, 5.41) is 16.6. The van der Waals surface area contributed by atoms with Gasteiger partial charge in [0, 0.05) is 22.9 Å². The van der Waals surface area contributed by atoms with Gasteiger partial charge in [-0.1, -0.05) is 36.4 Å². The largest absolute Gasteiger partial charge is 0.496 e. The quantitative estimate of drug-likeness (QED) is 0.625. The van der Waals surface area contributed by atoms with Crippen LogP contribution >= 0.6 is 0 Å². The Bertz CT molecular complexity index is 1150. The first kappa shape index (κ1) is 20.7. The molecule has 3 aliphatic heterocycles. The maximum atomic E-state index is 13.7. The van der Waals surface area contributed by atoms with Gasteiger partial charge in [-0.25, -0.2) is 0 Å². The minimum atomic E-state index is -1.41. The van der Waals surface area contributed by atoms with E-state index in [4.69, 9.17) is 4.74 Å². The van der Waals surface area contributed by atoms with E-state index in [0.717, 1.165) is 5.56 Å². The molecule has 2 fully saturated rings. The van der Waals surface area contributed by atoms with Crippen LogP contribution in [0.15, 0.2) is 42.5 Å². The predicted octanol–water partition coefficient (Wildman–Crippen LogP) is 1.31. The molecule has 8 nitrogen and oxygen atoms in total. The molecule has 2 aromatic rings. The molecule has 1 spiro atoms. The number of methoxy groups -OCH3 is 1. The monoisotopic (exact) mass is 435 g/mol.